The van der Waals surface area contributed by atoms with E-state index < -0.39 is 0 Å². The molecule has 0 saturated carbocycles. The molecule has 0 fully saturated rings. The highest BCUT2D eigenvalue weighted by Gasteiger charge is 2.05. The maximum atomic E-state index is 10.4. The number of rotatable bonds is 1. The minimum atomic E-state index is -0.379. The molecule has 1 amide bonds. The zero-order valence-corrected chi connectivity index (χ0v) is 13.6. The summed E-state index contributed by atoms with van der Waals surface area (Å²) in [5, 5.41) is 8.14. The molecule has 0 saturated heterocycles. The van der Waals surface area contributed by atoms with Gasteiger partial charge >= 0.3 is 0 Å². The van der Waals surface area contributed by atoms with Crippen LogP contribution in [0.2, 0.25) is 0 Å². The zero-order chi connectivity index (χ0) is 17.2. The van der Waals surface area contributed by atoms with Crippen LogP contribution in [0.25, 0.3) is 32.3 Å². The Morgan fingerprint density at radius 2 is 0.920 bits per heavy atom. The van der Waals surface area contributed by atoms with Crippen molar-refractivity contribution in [3.05, 3.63) is 96.6 Å². The fraction of sp³-hybridized carbons (Fsp3) is 0. The minimum Gasteiger partial charge on any atom is -0.366 e. The molecule has 5 aromatic rings. The van der Waals surface area contributed by atoms with Gasteiger partial charge in [-0.25, -0.2) is 0 Å². The van der Waals surface area contributed by atoms with Gasteiger partial charge < -0.3 is 5.73 Å². The van der Waals surface area contributed by atoms with Gasteiger partial charge in [-0.1, -0.05) is 78.9 Å². The second-order valence-electron chi connectivity index (χ2n) is 6.02. The van der Waals surface area contributed by atoms with Crippen LogP contribution < -0.4 is 5.73 Å². The van der Waals surface area contributed by atoms with Crippen LogP contribution in [0, 0.1) is 0 Å². The minimum absolute atomic E-state index is 0.379. The molecule has 0 aromatic heterocycles. The Kier molecular flexibility index (Phi) is 3.79. The van der Waals surface area contributed by atoms with Crippen molar-refractivity contribution in [2.75, 3.05) is 0 Å². The molecular weight excluding hydrogens is 306 g/mol. The van der Waals surface area contributed by atoms with Gasteiger partial charge in [0.05, 0.1) is 0 Å². The summed E-state index contributed by atoms with van der Waals surface area (Å²) >= 11 is 0. The van der Waals surface area contributed by atoms with Crippen LogP contribution in [0.4, 0.5) is 0 Å². The molecule has 120 valence electrons. The maximum absolute atomic E-state index is 10.4. The van der Waals surface area contributed by atoms with Gasteiger partial charge in [0.1, 0.15) is 0 Å². The fourth-order valence-electron chi connectivity index (χ4n) is 3.27. The van der Waals surface area contributed by atoms with E-state index in [-0.39, 0.29) is 5.91 Å². The highest BCUT2D eigenvalue weighted by atomic mass is 16.1. The largest absolute Gasteiger partial charge is 0.366 e. The Morgan fingerprint density at radius 3 is 1.24 bits per heavy atom. The van der Waals surface area contributed by atoms with Gasteiger partial charge in [0.25, 0.3) is 0 Å². The third-order valence-electron chi connectivity index (χ3n) is 4.45. The summed E-state index contributed by atoms with van der Waals surface area (Å²) in [7, 11) is 0. The molecule has 0 atom stereocenters. The third-order valence-corrected chi connectivity index (χ3v) is 4.45. The number of hydrogen-bond donors (Lipinski definition) is 1. The second kappa shape index (κ2) is 6.25. The average Bonchev–Trinajstić information content (AvgIpc) is 2.67. The number of hydrogen-bond acceptors (Lipinski definition) is 1. The predicted octanol–water partition coefficient (Wildman–Crippen LogP) is 5.37. The van der Waals surface area contributed by atoms with Crippen molar-refractivity contribution < 1.29 is 4.79 Å². The summed E-state index contributed by atoms with van der Waals surface area (Å²) in [6.45, 7) is 0. The lowest BCUT2D eigenvalue weighted by molar-refractivity contribution is 0.100. The Hall–Kier alpha value is -3.39. The number of benzene rings is 5. The quantitative estimate of drug-likeness (QED) is 0.414. The molecule has 25 heavy (non-hydrogen) atoms. The van der Waals surface area contributed by atoms with Gasteiger partial charge in [0, 0.05) is 5.56 Å². The van der Waals surface area contributed by atoms with E-state index in [1.54, 1.807) is 24.3 Å². The Labute approximate surface area is 145 Å². The summed E-state index contributed by atoms with van der Waals surface area (Å²) in [6.07, 6.45) is 0. The molecule has 2 heteroatoms. The number of nitrogens with two attached hydrogens (primary N) is 1. The van der Waals surface area contributed by atoms with Crippen molar-refractivity contribution >= 4 is 38.2 Å². The predicted molar refractivity (Wildman–Crippen MR) is 105 cm³/mol. The van der Waals surface area contributed by atoms with Crippen LogP contribution in [0.15, 0.2) is 91.0 Å². The van der Waals surface area contributed by atoms with Crippen LogP contribution in [0.3, 0.4) is 0 Å². The zero-order valence-electron chi connectivity index (χ0n) is 13.6. The van der Waals surface area contributed by atoms with Crippen LogP contribution in [-0.4, -0.2) is 5.91 Å². The third kappa shape index (κ3) is 2.79. The SMILES string of the molecule is NC(=O)c1ccccc1.c1cc2ccc3cccc4ccc(c1)c2c34. The van der Waals surface area contributed by atoms with Gasteiger partial charge in [0.2, 0.25) is 5.91 Å². The van der Waals surface area contributed by atoms with Crippen LogP contribution in [0.1, 0.15) is 10.4 Å². The summed E-state index contributed by atoms with van der Waals surface area (Å²) in [6, 6.07) is 30.6. The summed E-state index contributed by atoms with van der Waals surface area (Å²) in [4.78, 5) is 10.4. The molecule has 0 aliphatic rings. The van der Waals surface area contributed by atoms with E-state index in [0.29, 0.717) is 5.56 Å². The average molecular weight is 323 g/mol. The monoisotopic (exact) mass is 323 g/mol. The second-order valence-corrected chi connectivity index (χ2v) is 6.02. The first-order valence-corrected chi connectivity index (χ1v) is 8.21. The first kappa shape index (κ1) is 15.2. The lowest BCUT2D eigenvalue weighted by Crippen LogP contribution is -2.09. The van der Waals surface area contributed by atoms with Crippen molar-refractivity contribution in [2.45, 2.75) is 0 Å². The van der Waals surface area contributed by atoms with Gasteiger partial charge in [-0.15, -0.1) is 0 Å². The van der Waals surface area contributed by atoms with Gasteiger partial charge in [-0.05, 0) is 44.5 Å². The van der Waals surface area contributed by atoms with E-state index in [2.05, 4.69) is 60.7 Å². The topological polar surface area (TPSA) is 43.1 Å². The molecule has 0 radical (unpaired) electrons. The van der Waals surface area contributed by atoms with Crippen molar-refractivity contribution in [3.8, 4) is 0 Å². The van der Waals surface area contributed by atoms with Gasteiger partial charge in [-0.2, -0.15) is 0 Å². The van der Waals surface area contributed by atoms with Gasteiger partial charge in [0.15, 0.2) is 0 Å². The van der Waals surface area contributed by atoms with E-state index in [1.807, 2.05) is 6.07 Å². The van der Waals surface area contributed by atoms with Gasteiger partial charge in [-0.3, -0.25) is 4.79 Å². The van der Waals surface area contributed by atoms with Crippen molar-refractivity contribution in [3.63, 3.8) is 0 Å². The van der Waals surface area contributed by atoms with Crippen molar-refractivity contribution in [2.24, 2.45) is 5.73 Å². The van der Waals surface area contributed by atoms with Crippen LogP contribution >= 0.6 is 0 Å². The lowest BCUT2D eigenvalue weighted by atomic mass is 9.95. The first-order chi connectivity index (χ1) is 12.2. The Balaban J connectivity index is 0.000000150. The Morgan fingerprint density at radius 1 is 0.520 bits per heavy atom. The highest BCUT2D eigenvalue weighted by molar-refractivity contribution is 6.22. The lowest BCUT2D eigenvalue weighted by Gasteiger charge is -2.09. The van der Waals surface area contributed by atoms with E-state index in [0.717, 1.165) is 0 Å². The molecule has 2 nitrogen and oxygen atoms in total. The molecule has 0 aliphatic heterocycles. The normalized spacial score (nSPS) is 10.7. The standard InChI is InChI=1S/C16H10.C7H7NO/c1-3-11-7-9-13-5-2-6-14-10-8-12(4-1)15(11)16(13)14;8-7(9)6-4-2-1-3-5-6/h1-10H;1-5H,(H2,8,9). The van der Waals surface area contributed by atoms with E-state index >= 15 is 0 Å². The van der Waals surface area contributed by atoms with Crippen molar-refractivity contribution in [1.29, 1.82) is 0 Å². The molecule has 5 aromatic carbocycles. The van der Waals surface area contributed by atoms with E-state index in [9.17, 15) is 4.79 Å². The maximum Gasteiger partial charge on any atom is 0.248 e. The highest BCUT2D eigenvalue weighted by Crippen LogP contribution is 2.33. The fourth-order valence-corrected chi connectivity index (χ4v) is 3.27. The van der Waals surface area contributed by atoms with Crippen LogP contribution in [-0.2, 0) is 0 Å². The number of amides is 1. The molecule has 0 unspecified atom stereocenters. The molecule has 2 N–H and O–H groups in total. The van der Waals surface area contributed by atoms with E-state index in [4.69, 9.17) is 5.73 Å². The molecule has 0 heterocycles. The Bertz CT molecular complexity index is 1030. The number of primary amides is 1. The summed E-state index contributed by atoms with van der Waals surface area (Å²) in [5.74, 6) is -0.379. The smallest absolute Gasteiger partial charge is 0.248 e. The summed E-state index contributed by atoms with van der Waals surface area (Å²) < 4.78 is 0. The van der Waals surface area contributed by atoms with E-state index in [1.165, 1.54) is 32.3 Å². The number of carbonyl (C=O) groups is 1. The molecule has 0 aliphatic carbocycles. The van der Waals surface area contributed by atoms with Crippen molar-refractivity contribution in [1.82, 2.24) is 0 Å². The molecule has 0 bridgehead atoms. The number of carbonyl (C=O) groups excluding carboxylic acids is 1. The van der Waals surface area contributed by atoms with Crippen LogP contribution in [0.5, 0.6) is 0 Å². The summed E-state index contributed by atoms with van der Waals surface area (Å²) in [5.41, 5.74) is 5.53. The molecular formula is C23H17NO. The molecule has 0 spiro atoms. The molecule has 5 rings (SSSR count). The first-order valence-electron chi connectivity index (χ1n) is 8.21.